The van der Waals surface area contributed by atoms with Gasteiger partial charge >= 0.3 is 8.24 Å². The molecule has 2 aromatic heterocycles. The van der Waals surface area contributed by atoms with Crippen LogP contribution in [-0.4, -0.2) is 28.4 Å². The molecule has 0 aliphatic carbocycles. The van der Waals surface area contributed by atoms with Gasteiger partial charge in [0.15, 0.2) is 0 Å². The number of para-hydroxylation sites is 2. The highest BCUT2D eigenvalue weighted by Gasteiger charge is 2.32. The normalized spacial score (nSPS) is 12.5. The smallest absolute Gasteiger partial charge is 0.453 e. The van der Waals surface area contributed by atoms with Gasteiger partial charge in [0, 0.05) is 43.8 Å². The largest absolute Gasteiger partial charge is 0.497 e. The van der Waals surface area contributed by atoms with E-state index in [1.165, 1.54) is 0 Å². The Morgan fingerprint density at radius 3 is 1.22 bits per heavy atom. The number of hydrogen-bond acceptors (Lipinski definition) is 9. The first-order valence-corrected chi connectivity index (χ1v) is 25.5. The van der Waals surface area contributed by atoms with Crippen molar-refractivity contribution in [2.24, 2.45) is 0 Å². The zero-order valence-electron chi connectivity index (χ0n) is 42.5. The summed E-state index contributed by atoms with van der Waals surface area (Å²) >= 11 is 0. The monoisotopic (exact) mass is 956 g/mol. The minimum absolute atomic E-state index is 0.321. The van der Waals surface area contributed by atoms with Crippen LogP contribution in [0.25, 0.3) is 55.0 Å². The van der Waals surface area contributed by atoms with Crippen molar-refractivity contribution in [3.05, 3.63) is 125 Å². The van der Waals surface area contributed by atoms with Gasteiger partial charge in [-0.15, -0.1) is 0 Å². The second-order valence-electron chi connectivity index (χ2n) is 21.5. The topological polar surface area (TPSA) is 98.7 Å². The maximum Gasteiger partial charge on any atom is 0.453 e. The minimum atomic E-state index is -2.04. The summed E-state index contributed by atoms with van der Waals surface area (Å²) in [5, 5.41) is 3.64. The first-order valence-electron chi connectivity index (χ1n) is 23.1. The van der Waals surface area contributed by atoms with Gasteiger partial charge in [-0.25, -0.2) is 0 Å². The van der Waals surface area contributed by atoms with Gasteiger partial charge in [-0.05, 0) is 99.0 Å². The third kappa shape index (κ3) is 9.58. The molecule has 0 saturated heterocycles. The molecule has 11 heteroatoms. The summed E-state index contributed by atoms with van der Waals surface area (Å²) in [6.07, 6.45) is 0.398. The van der Waals surface area contributed by atoms with Gasteiger partial charge in [-0.3, -0.25) is 0 Å². The van der Waals surface area contributed by atoms with Crippen molar-refractivity contribution in [1.82, 2.24) is 0 Å². The second kappa shape index (κ2) is 18.2. The Hall–Kier alpha value is -5.88. The van der Waals surface area contributed by atoms with E-state index in [0.717, 1.165) is 83.2 Å². The summed E-state index contributed by atoms with van der Waals surface area (Å²) in [7, 11) is 3.02. The van der Waals surface area contributed by atoms with E-state index in [1.807, 2.05) is 54.6 Å². The van der Waals surface area contributed by atoms with Crippen LogP contribution < -0.4 is 23.5 Å². The van der Waals surface area contributed by atoms with Crippen LogP contribution in [-0.2, 0) is 27.8 Å². The Morgan fingerprint density at radius 1 is 0.412 bits per heavy atom. The quantitative estimate of drug-likeness (QED) is 0.140. The number of ether oxygens (including phenoxy) is 4. The van der Waals surface area contributed by atoms with Crippen molar-refractivity contribution in [3.63, 3.8) is 0 Å². The predicted octanol–water partition coefficient (Wildman–Crippen LogP) is 17.7. The van der Waals surface area contributed by atoms with Crippen molar-refractivity contribution in [2.75, 3.05) is 28.4 Å². The van der Waals surface area contributed by atoms with Crippen molar-refractivity contribution in [3.8, 4) is 39.9 Å². The van der Waals surface area contributed by atoms with E-state index in [-0.39, 0.29) is 16.2 Å². The average Bonchev–Trinajstić information content (AvgIpc) is 3.54. The van der Waals surface area contributed by atoms with Gasteiger partial charge in [0.2, 0.25) is 8.01 Å². The fourth-order valence-corrected chi connectivity index (χ4v) is 11.5. The van der Waals surface area contributed by atoms with Crippen molar-refractivity contribution < 1.29 is 40.3 Å². The fourth-order valence-electron chi connectivity index (χ4n) is 8.81. The molecule has 68 heavy (non-hydrogen) atoms. The maximum absolute atomic E-state index is 7.43. The molecule has 0 aliphatic heterocycles. The zero-order chi connectivity index (χ0) is 49.1. The summed E-state index contributed by atoms with van der Waals surface area (Å²) in [6.45, 7) is 26.4. The van der Waals surface area contributed by atoms with Crippen LogP contribution in [0.3, 0.4) is 0 Å². The van der Waals surface area contributed by atoms with Gasteiger partial charge in [0.1, 0.15) is 51.1 Å². The molecule has 0 aliphatic rings. The highest BCUT2D eigenvalue weighted by molar-refractivity contribution is 7.36. The van der Waals surface area contributed by atoms with Crippen LogP contribution in [0.1, 0.15) is 111 Å². The van der Waals surface area contributed by atoms with Gasteiger partial charge in [0.05, 0.1) is 34.6 Å². The predicted molar refractivity (Wildman–Crippen MR) is 281 cm³/mol. The van der Waals surface area contributed by atoms with E-state index in [9.17, 15) is 0 Å². The van der Waals surface area contributed by atoms with E-state index in [0.29, 0.717) is 34.6 Å². The van der Waals surface area contributed by atoms with Crippen LogP contribution in [0.15, 0.2) is 114 Å². The van der Waals surface area contributed by atoms with E-state index in [1.54, 1.807) is 28.4 Å². The third-order valence-electron chi connectivity index (χ3n) is 12.4. The summed E-state index contributed by atoms with van der Waals surface area (Å²) in [4.78, 5) is 0. The summed E-state index contributed by atoms with van der Waals surface area (Å²) in [5.74, 6) is 3.46. The summed E-state index contributed by atoms with van der Waals surface area (Å²) in [6, 6.07) is 32.6. The lowest BCUT2D eigenvalue weighted by Gasteiger charge is -2.28. The molecular weight excluding hydrogens is 891 g/mol. The Kier molecular flexibility index (Phi) is 13.0. The number of methoxy groups -OCH3 is 4. The summed E-state index contributed by atoms with van der Waals surface area (Å²) < 4.78 is 59.8. The Bertz CT molecular complexity index is 3140. The molecule has 0 radical (unpaired) electrons. The first kappa shape index (κ1) is 48.6. The molecule has 358 valence electrons. The Balaban J connectivity index is 1.51. The van der Waals surface area contributed by atoms with E-state index in [2.05, 4.69) is 126 Å². The number of benzene rings is 6. The molecule has 0 saturated carbocycles. The van der Waals surface area contributed by atoms with Crippen molar-refractivity contribution >= 4 is 60.1 Å². The van der Waals surface area contributed by atoms with Crippen LogP contribution in [0.5, 0.6) is 28.7 Å². The highest BCUT2D eigenvalue weighted by atomic mass is 31.1. The zero-order valence-corrected chi connectivity index (χ0v) is 44.3. The molecule has 2 heterocycles. The molecule has 6 aromatic carbocycles. The van der Waals surface area contributed by atoms with Crippen LogP contribution in [0.4, 0.5) is 0 Å². The molecule has 0 bridgehead atoms. The van der Waals surface area contributed by atoms with Gasteiger partial charge in [0.25, 0.3) is 0 Å². The molecule has 8 rings (SSSR count). The van der Waals surface area contributed by atoms with E-state index in [4.69, 9.17) is 40.3 Å². The SMILES string of the molecule is COc1cc(-c2cc(OC)cc(C(C)(C)C)c2Op2oc3ccccc3c3ccccc3o2)c(Cp2oc3c(C(C)(C)C)cc(OC)cc3c3cc(OC)cc(C(C)(C)C)c3o2)c(C(C)(C)C)c1. The van der Waals surface area contributed by atoms with Crippen LogP contribution >= 0.6 is 16.3 Å². The van der Waals surface area contributed by atoms with Crippen molar-refractivity contribution in [1.29, 1.82) is 0 Å². The average molecular weight is 957 g/mol. The third-order valence-corrected chi connectivity index (χ3v) is 14.8. The number of rotatable bonds is 9. The molecule has 0 spiro atoms. The number of fused-ring (bicyclic) bond motifs is 6. The molecule has 0 N–H and O–H groups in total. The molecular formula is C57H66O9P2. The fraction of sp³-hybridized carbons (Fsp3) is 0.368. The van der Waals surface area contributed by atoms with Gasteiger partial charge in [-0.1, -0.05) is 119 Å². The van der Waals surface area contributed by atoms with E-state index >= 15 is 0 Å². The lowest BCUT2D eigenvalue weighted by Crippen LogP contribution is -2.16. The van der Waals surface area contributed by atoms with Gasteiger partial charge in [-0.2, -0.15) is 0 Å². The van der Waals surface area contributed by atoms with Crippen LogP contribution in [0, 0.1) is 0 Å². The Labute approximate surface area is 402 Å². The molecule has 8 aromatic rings. The van der Waals surface area contributed by atoms with Gasteiger partial charge < -0.3 is 40.3 Å². The number of hydrogen-bond donors (Lipinski definition) is 0. The molecule has 0 atom stereocenters. The molecule has 9 nitrogen and oxygen atoms in total. The molecule has 0 fully saturated rings. The van der Waals surface area contributed by atoms with Crippen LogP contribution in [0.2, 0.25) is 0 Å². The molecule has 0 unspecified atom stereocenters. The molecule has 0 amide bonds. The lowest BCUT2D eigenvalue weighted by atomic mass is 9.79. The maximum atomic E-state index is 7.43. The minimum Gasteiger partial charge on any atom is -0.497 e. The second-order valence-corrected chi connectivity index (χ2v) is 23.9. The lowest BCUT2D eigenvalue weighted by molar-refractivity contribution is 0.410. The van der Waals surface area contributed by atoms with Crippen molar-refractivity contribution in [2.45, 2.75) is 111 Å². The first-order chi connectivity index (χ1) is 32.0. The summed E-state index contributed by atoms with van der Waals surface area (Å²) in [5.41, 5.74) is 8.17. The standard InChI is InChI=1S/C57H66O9P2/c1-54(2,3)45-29-34(58-13)25-40(41-26-35(59-14)32-48(57(10,11)12)53(41)66-68-62-49-23-19-17-21-38(49)39-22-18-20-24-50(39)63-68)44(45)33-67-64-51-42(27-36(60-15)30-46(51)55(4,5)6)43-28-37(61-16)31-47(52(43)65-67)56(7,8)9/h17-32H,33H2,1-16H3. The highest BCUT2D eigenvalue weighted by Crippen LogP contribution is 2.53. The Morgan fingerprint density at radius 2 is 0.794 bits per heavy atom. The van der Waals surface area contributed by atoms with E-state index < -0.39 is 21.7 Å².